The summed E-state index contributed by atoms with van der Waals surface area (Å²) in [4.78, 5) is 0. The molecule has 2 aromatic carbocycles. The number of hydrogen-bond acceptors (Lipinski definition) is 2. The van der Waals surface area contributed by atoms with Gasteiger partial charge in [-0.05, 0) is 51.8 Å². The van der Waals surface area contributed by atoms with Gasteiger partial charge in [0.15, 0.2) is 0 Å². The minimum absolute atomic E-state index is 0.173. The summed E-state index contributed by atoms with van der Waals surface area (Å²) >= 11 is 0. The van der Waals surface area contributed by atoms with E-state index in [0.29, 0.717) is 12.4 Å². The normalized spacial score (nSPS) is 13.2. The Morgan fingerprint density at radius 3 is 1.88 bits per heavy atom. The predicted octanol–water partition coefficient (Wildman–Crippen LogP) is 5.91. The molecule has 1 unspecified atom stereocenters. The molecule has 0 amide bonds. The summed E-state index contributed by atoms with van der Waals surface area (Å²) in [5.74, 6) is 0.329. The van der Waals surface area contributed by atoms with Gasteiger partial charge < -0.3 is 9.84 Å². The number of allylic oxidation sites excluding steroid dienone is 1. The van der Waals surface area contributed by atoms with E-state index in [1.165, 1.54) is 16.7 Å². The first-order chi connectivity index (χ1) is 11.4. The molecule has 0 bridgehead atoms. The van der Waals surface area contributed by atoms with Crippen molar-refractivity contribution >= 4 is 0 Å². The summed E-state index contributed by atoms with van der Waals surface area (Å²) in [5.41, 5.74) is 3.54. The van der Waals surface area contributed by atoms with Gasteiger partial charge in [0.25, 0.3) is 0 Å². The van der Waals surface area contributed by atoms with Crippen LogP contribution in [0.2, 0.25) is 0 Å². The van der Waals surface area contributed by atoms with Gasteiger partial charge in [-0.25, -0.2) is 0 Å². The van der Waals surface area contributed by atoms with E-state index < -0.39 is 0 Å². The molecule has 2 nitrogen and oxygen atoms in total. The standard InChI is InChI=1S/C15H22O.C7H8O/c1-5-7-12-16-15(4,6-2)14-10-8-13(3)9-11-14;1-6-2-4-7(8)5-3-6/h5,7-11H,6,12H2,1-4H3;2-5,8H,1H3/b7-5-;. The molecule has 0 aliphatic carbocycles. The second-order valence-electron chi connectivity index (χ2n) is 6.17. The number of aromatic hydroxyl groups is 1. The first kappa shape index (κ1) is 20.0. The fraction of sp³-hybridized carbons (Fsp3) is 0.364. The maximum Gasteiger partial charge on any atom is 0.115 e. The molecule has 0 heterocycles. The van der Waals surface area contributed by atoms with Crippen molar-refractivity contribution in [2.75, 3.05) is 6.61 Å². The minimum atomic E-state index is -0.173. The Balaban J connectivity index is 0.000000300. The number of phenols is 1. The van der Waals surface area contributed by atoms with Gasteiger partial charge in [0.2, 0.25) is 0 Å². The van der Waals surface area contributed by atoms with Crippen LogP contribution < -0.4 is 0 Å². The van der Waals surface area contributed by atoms with E-state index in [4.69, 9.17) is 9.84 Å². The fourth-order valence-corrected chi connectivity index (χ4v) is 2.17. The molecule has 24 heavy (non-hydrogen) atoms. The van der Waals surface area contributed by atoms with E-state index in [9.17, 15) is 0 Å². The lowest BCUT2D eigenvalue weighted by atomic mass is 9.92. The number of ether oxygens (including phenoxy) is 1. The van der Waals surface area contributed by atoms with E-state index in [1.807, 2.05) is 38.1 Å². The first-order valence-electron chi connectivity index (χ1n) is 8.49. The van der Waals surface area contributed by atoms with Gasteiger partial charge in [-0.15, -0.1) is 0 Å². The Morgan fingerprint density at radius 2 is 1.46 bits per heavy atom. The summed E-state index contributed by atoms with van der Waals surface area (Å²) < 4.78 is 5.96. The van der Waals surface area contributed by atoms with Crippen LogP contribution in [0.1, 0.15) is 43.9 Å². The van der Waals surface area contributed by atoms with Crippen molar-refractivity contribution in [2.45, 2.75) is 46.6 Å². The lowest BCUT2D eigenvalue weighted by Gasteiger charge is -2.29. The zero-order valence-electron chi connectivity index (χ0n) is 15.5. The molecule has 0 saturated heterocycles. The molecule has 0 fully saturated rings. The van der Waals surface area contributed by atoms with Crippen LogP contribution in [0.3, 0.4) is 0 Å². The Morgan fingerprint density at radius 1 is 0.958 bits per heavy atom. The van der Waals surface area contributed by atoms with Gasteiger partial charge in [0.1, 0.15) is 5.75 Å². The molecule has 0 saturated carbocycles. The third-order valence-electron chi connectivity index (χ3n) is 4.10. The van der Waals surface area contributed by atoms with Gasteiger partial charge >= 0.3 is 0 Å². The highest BCUT2D eigenvalue weighted by Gasteiger charge is 2.24. The zero-order valence-corrected chi connectivity index (χ0v) is 15.5. The van der Waals surface area contributed by atoms with Gasteiger partial charge in [-0.1, -0.05) is 66.6 Å². The van der Waals surface area contributed by atoms with Gasteiger partial charge in [0, 0.05) is 0 Å². The average molecular weight is 326 g/mol. The van der Waals surface area contributed by atoms with Crippen LogP contribution in [-0.4, -0.2) is 11.7 Å². The first-order valence-corrected chi connectivity index (χ1v) is 8.49. The lowest BCUT2D eigenvalue weighted by Crippen LogP contribution is -2.25. The van der Waals surface area contributed by atoms with Crippen molar-refractivity contribution in [1.82, 2.24) is 0 Å². The molecular weight excluding hydrogens is 296 g/mol. The molecule has 2 heteroatoms. The summed E-state index contributed by atoms with van der Waals surface area (Å²) in [7, 11) is 0. The van der Waals surface area contributed by atoms with E-state index in [0.717, 1.165) is 6.42 Å². The van der Waals surface area contributed by atoms with Crippen molar-refractivity contribution < 1.29 is 9.84 Å². The second kappa shape index (κ2) is 9.94. The van der Waals surface area contributed by atoms with E-state index in [2.05, 4.69) is 45.0 Å². The van der Waals surface area contributed by atoms with E-state index in [1.54, 1.807) is 12.1 Å². The highest BCUT2D eigenvalue weighted by molar-refractivity contribution is 5.26. The Labute approximate surface area is 146 Å². The molecule has 0 radical (unpaired) electrons. The third kappa shape index (κ3) is 6.59. The molecule has 0 spiro atoms. The summed E-state index contributed by atoms with van der Waals surface area (Å²) in [5, 5.41) is 8.76. The van der Waals surface area contributed by atoms with E-state index in [-0.39, 0.29) is 5.60 Å². The summed E-state index contributed by atoms with van der Waals surface area (Å²) in [6, 6.07) is 15.7. The lowest BCUT2D eigenvalue weighted by molar-refractivity contribution is -0.0237. The Kier molecular flexibility index (Phi) is 8.28. The average Bonchev–Trinajstić information content (AvgIpc) is 2.59. The Bertz CT molecular complexity index is 590. The molecule has 1 N–H and O–H groups in total. The largest absolute Gasteiger partial charge is 0.508 e. The number of aryl methyl sites for hydroxylation is 2. The zero-order chi connectivity index (χ0) is 18.0. The van der Waals surface area contributed by atoms with Crippen LogP contribution in [0.5, 0.6) is 5.75 Å². The van der Waals surface area contributed by atoms with Crippen LogP contribution in [0, 0.1) is 13.8 Å². The van der Waals surface area contributed by atoms with Crippen molar-refractivity contribution in [3.05, 3.63) is 77.4 Å². The number of rotatable bonds is 5. The van der Waals surface area contributed by atoms with Gasteiger partial charge in [0.05, 0.1) is 12.2 Å². The molecule has 2 aromatic rings. The number of hydrogen-bond donors (Lipinski definition) is 1. The smallest absolute Gasteiger partial charge is 0.115 e. The fourth-order valence-electron chi connectivity index (χ4n) is 2.17. The highest BCUT2D eigenvalue weighted by atomic mass is 16.5. The van der Waals surface area contributed by atoms with Crippen molar-refractivity contribution in [2.24, 2.45) is 0 Å². The predicted molar refractivity (Wildman–Crippen MR) is 102 cm³/mol. The SMILES string of the molecule is C/C=C\COC(C)(CC)c1ccc(C)cc1.Cc1ccc(O)cc1. The van der Waals surface area contributed by atoms with Crippen molar-refractivity contribution in [1.29, 1.82) is 0 Å². The Hall–Kier alpha value is -2.06. The van der Waals surface area contributed by atoms with Crippen LogP contribution in [-0.2, 0) is 10.3 Å². The van der Waals surface area contributed by atoms with Crippen molar-refractivity contribution in [3.8, 4) is 5.75 Å². The molecule has 0 aliphatic heterocycles. The summed E-state index contributed by atoms with van der Waals surface area (Å²) in [6.45, 7) is 11.1. The highest BCUT2D eigenvalue weighted by Crippen LogP contribution is 2.29. The van der Waals surface area contributed by atoms with Crippen LogP contribution in [0.25, 0.3) is 0 Å². The topological polar surface area (TPSA) is 29.5 Å². The van der Waals surface area contributed by atoms with Crippen LogP contribution in [0.15, 0.2) is 60.7 Å². The van der Waals surface area contributed by atoms with Gasteiger partial charge in [-0.2, -0.15) is 0 Å². The second-order valence-corrected chi connectivity index (χ2v) is 6.17. The molecule has 130 valence electrons. The molecule has 2 rings (SSSR count). The third-order valence-corrected chi connectivity index (χ3v) is 4.10. The molecule has 0 aromatic heterocycles. The van der Waals surface area contributed by atoms with E-state index >= 15 is 0 Å². The number of benzene rings is 2. The maximum absolute atomic E-state index is 8.76. The van der Waals surface area contributed by atoms with Crippen molar-refractivity contribution in [3.63, 3.8) is 0 Å². The summed E-state index contributed by atoms with van der Waals surface area (Å²) in [6.07, 6.45) is 5.04. The maximum atomic E-state index is 8.76. The quantitative estimate of drug-likeness (QED) is 0.692. The number of phenolic OH excluding ortho intramolecular Hbond substituents is 1. The minimum Gasteiger partial charge on any atom is -0.508 e. The van der Waals surface area contributed by atoms with Gasteiger partial charge in [-0.3, -0.25) is 0 Å². The molecule has 0 aliphatic rings. The molecule has 1 atom stereocenters. The van der Waals surface area contributed by atoms with Crippen LogP contribution >= 0.6 is 0 Å². The molecular formula is C22H30O2. The van der Waals surface area contributed by atoms with Crippen LogP contribution in [0.4, 0.5) is 0 Å². The monoisotopic (exact) mass is 326 g/mol.